The van der Waals surface area contributed by atoms with E-state index < -0.39 is 6.09 Å². The molecule has 1 aliphatic heterocycles. The van der Waals surface area contributed by atoms with E-state index in [1.165, 1.54) is 4.90 Å². The highest BCUT2D eigenvalue weighted by molar-refractivity contribution is 6.30. The number of rotatable bonds is 5. The van der Waals surface area contributed by atoms with Crippen LogP contribution in [0.4, 0.5) is 15.3 Å². The Bertz CT molecular complexity index is 549. The highest BCUT2D eigenvalue weighted by Gasteiger charge is 2.32. The number of cyclic esters (lactones) is 1. The number of carbonyl (C=O) groups is 2. The van der Waals surface area contributed by atoms with Gasteiger partial charge in [-0.2, -0.15) is 0 Å². The summed E-state index contributed by atoms with van der Waals surface area (Å²) < 4.78 is 5.28. The van der Waals surface area contributed by atoms with Crippen LogP contribution in [0.3, 0.4) is 0 Å². The van der Waals surface area contributed by atoms with E-state index in [1.807, 2.05) is 13.8 Å². The molecule has 1 heterocycles. The number of halogens is 1. The molecule has 1 aliphatic rings. The van der Waals surface area contributed by atoms with Gasteiger partial charge in [0.25, 0.3) is 0 Å². The summed E-state index contributed by atoms with van der Waals surface area (Å²) in [4.78, 5) is 27.0. The normalized spacial score (nSPS) is 17.3. The fourth-order valence-corrected chi connectivity index (χ4v) is 2.49. The Kier molecular flexibility index (Phi) is 5.49. The molecule has 1 fully saturated rings. The number of hydrogen-bond acceptors (Lipinski definition) is 3. The lowest BCUT2D eigenvalue weighted by molar-refractivity contribution is 0.138. The third kappa shape index (κ3) is 3.82. The van der Waals surface area contributed by atoms with Crippen molar-refractivity contribution in [1.82, 2.24) is 10.2 Å². The van der Waals surface area contributed by atoms with Gasteiger partial charge in [0, 0.05) is 23.8 Å². The van der Waals surface area contributed by atoms with E-state index in [0.29, 0.717) is 30.3 Å². The van der Waals surface area contributed by atoms with Crippen LogP contribution in [-0.2, 0) is 4.74 Å². The maximum Gasteiger partial charge on any atom is 0.414 e. The zero-order valence-corrected chi connectivity index (χ0v) is 13.5. The molecule has 0 saturated carbocycles. The van der Waals surface area contributed by atoms with Crippen molar-refractivity contribution in [2.75, 3.05) is 31.1 Å². The van der Waals surface area contributed by atoms with Gasteiger partial charge in [-0.3, -0.25) is 4.90 Å². The second kappa shape index (κ2) is 7.35. The molecular formula is C15H20ClN3O3. The third-order valence-corrected chi connectivity index (χ3v) is 3.76. The molecule has 1 aromatic rings. The van der Waals surface area contributed by atoms with E-state index in [0.717, 1.165) is 0 Å². The van der Waals surface area contributed by atoms with Crippen LogP contribution in [0.25, 0.3) is 0 Å². The molecule has 22 heavy (non-hydrogen) atoms. The molecule has 1 unspecified atom stereocenters. The van der Waals surface area contributed by atoms with Crippen LogP contribution in [0.2, 0.25) is 5.02 Å². The first kappa shape index (κ1) is 16.4. The Hall–Kier alpha value is -1.95. The molecule has 0 bridgehead atoms. The van der Waals surface area contributed by atoms with E-state index in [2.05, 4.69) is 5.32 Å². The number of nitrogens with zero attached hydrogens (tertiary/aromatic N) is 2. The second-order valence-corrected chi connectivity index (χ2v) is 5.39. The van der Waals surface area contributed by atoms with Gasteiger partial charge in [0.15, 0.2) is 0 Å². The van der Waals surface area contributed by atoms with E-state index in [1.54, 1.807) is 29.2 Å². The fourth-order valence-electron chi connectivity index (χ4n) is 2.31. The fraction of sp³-hybridized carbons (Fsp3) is 0.467. The number of urea groups is 1. The molecule has 1 atom stereocenters. The zero-order chi connectivity index (χ0) is 16.1. The molecule has 0 radical (unpaired) electrons. The lowest BCUT2D eigenvalue weighted by atomic mass is 10.2. The molecule has 6 nitrogen and oxygen atoms in total. The summed E-state index contributed by atoms with van der Waals surface area (Å²) in [5, 5.41) is 3.35. The highest BCUT2D eigenvalue weighted by atomic mass is 35.5. The minimum absolute atomic E-state index is 0.151. The SMILES string of the molecule is CCN(CC)C(=O)NCC1CN(c2cccc(Cl)c2)C(=O)O1. The van der Waals surface area contributed by atoms with Gasteiger partial charge in [-0.15, -0.1) is 0 Å². The smallest absolute Gasteiger partial charge is 0.414 e. The predicted molar refractivity (Wildman–Crippen MR) is 85.4 cm³/mol. The molecule has 0 spiro atoms. The maximum absolute atomic E-state index is 11.9. The number of amides is 3. The number of ether oxygens (including phenoxy) is 1. The van der Waals surface area contributed by atoms with Crippen molar-refractivity contribution in [1.29, 1.82) is 0 Å². The molecule has 120 valence electrons. The average Bonchev–Trinajstić information content (AvgIpc) is 2.87. The van der Waals surface area contributed by atoms with Gasteiger partial charge >= 0.3 is 12.1 Å². The number of benzene rings is 1. The summed E-state index contributed by atoms with van der Waals surface area (Å²) in [7, 11) is 0. The predicted octanol–water partition coefficient (Wildman–Crippen LogP) is 2.72. The van der Waals surface area contributed by atoms with Gasteiger partial charge in [-0.05, 0) is 32.0 Å². The molecule has 2 rings (SSSR count). The van der Waals surface area contributed by atoms with Crippen molar-refractivity contribution < 1.29 is 14.3 Å². The number of nitrogens with one attached hydrogen (secondary N) is 1. The average molecular weight is 326 g/mol. The first-order chi connectivity index (χ1) is 10.5. The standard InChI is InChI=1S/C15H20ClN3O3/c1-3-18(4-2)14(20)17-9-13-10-19(15(21)22-13)12-7-5-6-11(16)8-12/h5-8,13H,3-4,9-10H2,1-2H3,(H,17,20). The Balaban J connectivity index is 1.91. The summed E-state index contributed by atoms with van der Waals surface area (Å²) >= 11 is 5.94. The van der Waals surface area contributed by atoms with Crippen molar-refractivity contribution in [3.8, 4) is 0 Å². The van der Waals surface area contributed by atoms with E-state index in [9.17, 15) is 9.59 Å². The van der Waals surface area contributed by atoms with Gasteiger partial charge in [-0.1, -0.05) is 17.7 Å². The van der Waals surface area contributed by atoms with Crippen molar-refractivity contribution in [2.24, 2.45) is 0 Å². The molecule has 1 aromatic carbocycles. The lowest BCUT2D eigenvalue weighted by Gasteiger charge is -2.20. The maximum atomic E-state index is 11.9. The molecule has 0 aromatic heterocycles. The minimum atomic E-state index is -0.427. The molecular weight excluding hydrogens is 306 g/mol. The first-order valence-corrected chi connectivity index (χ1v) is 7.69. The second-order valence-electron chi connectivity index (χ2n) is 4.95. The lowest BCUT2D eigenvalue weighted by Crippen LogP contribution is -2.43. The zero-order valence-electron chi connectivity index (χ0n) is 12.7. The molecule has 3 amide bonds. The van der Waals surface area contributed by atoms with E-state index in [-0.39, 0.29) is 18.7 Å². The van der Waals surface area contributed by atoms with E-state index in [4.69, 9.17) is 16.3 Å². The van der Waals surface area contributed by atoms with Crippen molar-refractivity contribution >= 4 is 29.4 Å². The summed E-state index contributed by atoms with van der Waals surface area (Å²) in [5.74, 6) is 0. The first-order valence-electron chi connectivity index (χ1n) is 7.31. The quantitative estimate of drug-likeness (QED) is 0.905. The molecule has 1 N–H and O–H groups in total. The summed E-state index contributed by atoms with van der Waals surface area (Å²) in [6.45, 7) is 5.79. The van der Waals surface area contributed by atoms with Crippen LogP contribution in [-0.4, -0.2) is 49.3 Å². The van der Waals surface area contributed by atoms with Crippen LogP contribution in [0.15, 0.2) is 24.3 Å². The molecule has 7 heteroatoms. The Morgan fingerprint density at radius 1 is 1.45 bits per heavy atom. The van der Waals surface area contributed by atoms with Crippen molar-refractivity contribution in [3.05, 3.63) is 29.3 Å². The topological polar surface area (TPSA) is 61.9 Å². The van der Waals surface area contributed by atoms with Crippen LogP contribution in [0.5, 0.6) is 0 Å². The largest absolute Gasteiger partial charge is 0.442 e. The van der Waals surface area contributed by atoms with E-state index >= 15 is 0 Å². The van der Waals surface area contributed by atoms with Crippen LogP contribution in [0.1, 0.15) is 13.8 Å². The Morgan fingerprint density at radius 3 is 2.82 bits per heavy atom. The van der Waals surface area contributed by atoms with Crippen LogP contribution >= 0.6 is 11.6 Å². The monoisotopic (exact) mass is 325 g/mol. The van der Waals surface area contributed by atoms with Gasteiger partial charge < -0.3 is 15.0 Å². The number of anilines is 1. The molecule has 1 saturated heterocycles. The van der Waals surface area contributed by atoms with Crippen molar-refractivity contribution in [2.45, 2.75) is 20.0 Å². The summed E-state index contributed by atoms with van der Waals surface area (Å²) in [6.07, 6.45) is -0.796. The van der Waals surface area contributed by atoms with Gasteiger partial charge in [-0.25, -0.2) is 9.59 Å². The number of carbonyl (C=O) groups excluding carboxylic acids is 2. The Morgan fingerprint density at radius 2 is 2.18 bits per heavy atom. The summed E-state index contributed by atoms with van der Waals surface area (Å²) in [5.41, 5.74) is 0.690. The van der Waals surface area contributed by atoms with Crippen LogP contribution in [0, 0.1) is 0 Å². The highest BCUT2D eigenvalue weighted by Crippen LogP contribution is 2.24. The minimum Gasteiger partial charge on any atom is -0.442 e. The van der Waals surface area contributed by atoms with Gasteiger partial charge in [0.1, 0.15) is 6.10 Å². The van der Waals surface area contributed by atoms with Gasteiger partial charge in [0.2, 0.25) is 0 Å². The number of hydrogen-bond donors (Lipinski definition) is 1. The third-order valence-electron chi connectivity index (χ3n) is 3.53. The van der Waals surface area contributed by atoms with Gasteiger partial charge in [0.05, 0.1) is 13.1 Å². The van der Waals surface area contributed by atoms with Crippen LogP contribution < -0.4 is 10.2 Å². The summed E-state index contributed by atoms with van der Waals surface area (Å²) in [6, 6.07) is 6.88. The Labute approximate surface area is 135 Å². The molecule has 0 aliphatic carbocycles. The van der Waals surface area contributed by atoms with Crippen molar-refractivity contribution in [3.63, 3.8) is 0 Å².